The summed E-state index contributed by atoms with van der Waals surface area (Å²) >= 11 is 0. The Morgan fingerprint density at radius 2 is 0.989 bits per heavy atom. The van der Waals surface area contributed by atoms with Crippen molar-refractivity contribution in [3.05, 3.63) is 0 Å². The Morgan fingerprint density at radius 3 is 1.46 bits per heavy atom. The van der Waals surface area contributed by atoms with Crippen LogP contribution >= 0.6 is 0 Å². The summed E-state index contributed by atoms with van der Waals surface area (Å²) in [7, 11) is 9.64. The van der Waals surface area contributed by atoms with Crippen LogP contribution in [0, 0.1) is 35.5 Å². The number of nitrogens with zero attached hydrogens (tertiary/aromatic N) is 7. The Kier molecular flexibility index (Phi) is 35.6. The van der Waals surface area contributed by atoms with Gasteiger partial charge in [-0.1, -0.05) is 102 Å². The molecule has 1 fully saturated rings. The molecule has 0 saturated carbocycles. The molecule has 544 valence electrons. The molecule has 0 aromatic rings. The second-order valence-corrected chi connectivity index (χ2v) is 28.9. The van der Waals surface area contributed by atoms with E-state index in [4.69, 9.17) is 4.74 Å². The molecule has 0 aromatic carbocycles. The maximum Gasteiger partial charge on any atom is 0.303 e. The number of ether oxygens (including phenoxy) is 1. The molecule has 0 aromatic heterocycles. The van der Waals surface area contributed by atoms with Gasteiger partial charge in [0.25, 0.3) is 0 Å². The van der Waals surface area contributed by atoms with E-state index in [1.54, 1.807) is 41.5 Å². The first-order valence-electron chi connectivity index (χ1n) is 34.0. The third-order valence-corrected chi connectivity index (χ3v) is 17.6. The monoisotopic (exact) mass is 1350 g/mol. The summed E-state index contributed by atoms with van der Waals surface area (Å²) in [4.78, 5) is 195. The number of rotatable bonds is 21. The lowest BCUT2D eigenvalue weighted by Crippen LogP contribution is -2.64. The summed E-state index contributed by atoms with van der Waals surface area (Å²) in [6.45, 7) is 29.3. The molecule has 1 aliphatic rings. The smallest absolute Gasteiger partial charge is 0.303 e. The predicted molar refractivity (Wildman–Crippen MR) is 362 cm³/mol. The second-order valence-electron chi connectivity index (χ2n) is 28.9. The molecule has 1 saturated heterocycles. The maximum absolute atomic E-state index is 15.6. The fourth-order valence-corrected chi connectivity index (χ4v) is 11.9. The number of esters is 1. The number of aliphatic hydroxyl groups is 1. The highest BCUT2D eigenvalue weighted by Crippen LogP contribution is 2.28. The summed E-state index contributed by atoms with van der Waals surface area (Å²) < 4.78 is 6.03. The molecule has 95 heavy (non-hydrogen) atoms. The zero-order chi connectivity index (χ0) is 73.6. The third-order valence-electron chi connectivity index (χ3n) is 17.6. The van der Waals surface area contributed by atoms with Gasteiger partial charge in [0.1, 0.15) is 66.5 Å². The van der Waals surface area contributed by atoms with Crippen molar-refractivity contribution in [2.45, 2.75) is 261 Å². The van der Waals surface area contributed by atoms with Crippen molar-refractivity contribution < 1.29 is 72.2 Å². The predicted octanol–water partition coefficient (Wildman–Crippen LogP) is 3.08. The highest BCUT2D eigenvalue weighted by atomic mass is 16.5. The SMILES string of the molecule is CC[C@@H]1NC(=O)[C@H]([C@H](OC(C)=O)[C@H](C)CCCCCCNC(C)=O)N(C)C(=O)[C@H](C(C)C)N(C)C(=O)[C@H](CC(C)C)N(C)C(=O)[C@H](CC(C)C)N(C)C(=O)[C@H](C)NC(=O)[C@@H](C)NC(=O)[C@@H](CC(C)C)N(C)C(=O)[C@@H](C(C)C)NC(=O)[C@H](CC(C)(C)O)N(C)C(=O)CN(C)C1=O. The van der Waals surface area contributed by atoms with Crippen molar-refractivity contribution in [2.75, 3.05) is 62.4 Å². The lowest BCUT2D eigenvalue weighted by molar-refractivity contribution is -0.164. The maximum atomic E-state index is 15.6. The van der Waals surface area contributed by atoms with Crippen molar-refractivity contribution >= 4 is 76.9 Å². The minimum absolute atomic E-state index is 0.0531. The molecular formula is C68H122N12O15. The van der Waals surface area contributed by atoms with E-state index in [0.29, 0.717) is 32.2 Å². The number of nitrogens with one attached hydrogen (secondary N) is 5. The quantitative estimate of drug-likeness (QED) is 0.0711. The standard InChI is InChI=1S/C68H122N12O15/c1-26-48-63(89)74(19)37-53(83)75(20)52(36-68(17,18)94)60(86)73-54(41(8)9)66(92)76(21)49(33-38(2)3)59(85)70-44(13)58(84)71-45(14)62(88)77(22)50(34-39(4)5)64(90)78(23)51(35-40(6)7)65(91)79(24)55(42(10)11)67(93)80(25)56(61(87)72-48)57(95-47(16)82)43(12)31-29-27-28-30-32-69-46(15)81/h38-45,48-52,54-57,94H,26-37H2,1-25H3,(H,69,81)(H,70,85)(H,71,84)(H,72,87)(H,73,86)/t43-,44-,45+,48+,49-,50+,51+,52+,54-,55+,56+,57-/m1/s1. The van der Waals surface area contributed by atoms with E-state index < -0.39 is 167 Å². The van der Waals surface area contributed by atoms with Gasteiger partial charge in [-0.3, -0.25) is 62.3 Å². The van der Waals surface area contributed by atoms with Gasteiger partial charge in [0.15, 0.2) is 0 Å². The average molecular weight is 1350 g/mol. The van der Waals surface area contributed by atoms with Gasteiger partial charge in [0.05, 0.1) is 12.1 Å². The van der Waals surface area contributed by atoms with Crippen molar-refractivity contribution in [3.63, 3.8) is 0 Å². The van der Waals surface area contributed by atoms with Gasteiger partial charge >= 0.3 is 5.97 Å². The van der Waals surface area contributed by atoms with Gasteiger partial charge in [-0.15, -0.1) is 0 Å². The Labute approximate surface area is 566 Å². The van der Waals surface area contributed by atoms with Crippen LogP contribution < -0.4 is 26.6 Å². The number of unbranched alkanes of at least 4 members (excludes halogenated alkanes) is 3. The molecule has 0 bridgehead atoms. The van der Waals surface area contributed by atoms with Gasteiger partial charge < -0.3 is 70.7 Å². The molecule has 27 heteroatoms. The molecule has 27 nitrogen and oxygen atoms in total. The molecule has 1 aliphatic heterocycles. The van der Waals surface area contributed by atoms with Crippen LogP contribution in [0.3, 0.4) is 0 Å². The largest absolute Gasteiger partial charge is 0.460 e. The van der Waals surface area contributed by atoms with Crippen molar-refractivity contribution in [3.8, 4) is 0 Å². The van der Waals surface area contributed by atoms with Crippen LogP contribution in [0.2, 0.25) is 0 Å². The topological polar surface area (TPSA) is 334 Å². The zero-order valence-electron chi connectivity index (χ0n) is 62.1. The summed E-state index contributed by atoms with van der Waals surface area (Å²) in [6.07, 6.45) is 1.72. The first kappa shape index (κ1) is 86.1. The van der Waals surface area contributed by atoms with Crippen LogP contribution in [0.5, 0.6) is 0 Å². The van der Waals surface area contributed by atoms with Crippen LogP contribution in [-0.4, -0.2) is 251 Å². The van der Waals surface area contributed by atoms with Crippen molar-refractivity contribution in [1.29, 1.82) is 0 Å². The summed E-state index contributed by atoms with van der Waals surface area (Å²) in [5, 5.41) is 24.8. The molecular weight excluding hydrogens is 1220 g/mol. The van der Waals surface area contributed by atoms with E-state index >= 15 is 19.2 Å². The van der Waals surface area contributed by atoms with E-state index in [0.717, 1.165) is 28.0 Å². The highest BCUT2D eigenvalue weighted by molar-refractivity contribution is 5.99. The van der Waals surface area contributed by atoms with Gasteiger partial charge in [0.2, 0.25) is 70.9 Å². The molecule has 6 N–H and O–H groups in total. The van der Waals surface area contributed by atoms with Crippen LogP contribution in [0.4, 0.5) is 0 Å². The zero-order valence-corrected chi connectivity index (χ0v) is 62.1. The number of carbonyl (C=O) groups excluding carboxylic acids is 13. The van der Waals surface area contributed by atoms with E-state index in [1.807, 2.05) is 41.5 Å². The van der Waals surface area contributed by atoms with Crippen molar-refractivity contribution in [1.82, 2.24) is 60.9 Å². The summed E-state index contributed by atoms with van der Waals surface area (Å²) in [5.74, 6) is -11.5. The van der Waals surface area contributed by atoms with Gasteiger partial charge in [0, 0.05) is 76.1 Å². The number of amides is 12. The second kappa shape index (κ2) is 39.3. The van der Waals surface area contributed by atoms with Crippen molar-refractivity contribution in [2.24, 2.45) is 35.5 Å². The third kappa shape index (κ3) is 26.5. The Hall–Kier alpha value is -6.93. The number of carbonyl (C=O) groups is 13. The summed E-state index contributed by atoms with van der Waals surface area (Å²) in [6, 6.07) is -13.2. The van der Waals surface area contributed by atoms with E-state index in [2.05, 4.69) is 26.6 Å². The molecule has 1 heterocycles. The normalized spacial score (nSPS) is 25.2. The Bertz CT molecular complexity index is 2630. The van der Waals surface area contributed by atoms with Crippen LogP contribution in [-0.2, 0) is 67.1 Å². The fourth-order valence-electron chi connectivity index (χ4n) is 11.9. The molecule has 1 rings (SSSR count). The van der Waals surface area contributed by atoms with Gasteiger partial charge in [-0.05, 0) is 102 Å². The molecule has 12 amide bonds. The van der Waals surface area contributed by atoms with Crippen LogP contribution in [0.25, 0.3) is 0 Å². The molecule has 0 radical (unpaired) electrons. The minimum Gasteiger partial charge on any atom is -0.460 e. The minimum atomic E-state index is -1.65. The van der Waals surface area contributed by atoms with E-state index in [9.17, 15) is 48.3 Å². The van der Waals surface area contributed by atoms with Crippen LogP contribution in [0.15, 0.2) is 0 Å². The van der Waals surface area contributed by atoms with E-state index in [-0.39, 0.29) is 55.8 Å². The van der Waals surface area contributed by atoms with E-state index in [1.165, 1.54) is 104 Å². The Balaban J connectivity index is 4.47. The fraction of sp³-hybridized carbons (Fsp3) is 0.809. The number of hydrogen-bond donors (Lipinski definition) is 6. The molecule has 0 unspecified atom stereocenters. The Morgan fingerprint density at radius 1 is 0.526 bits per heavy atom. The molecule has 0 aliphatic carbocycles. The molecule has 12 atom stereocenters. The van der Waals surface area contributed by atoms with Crippen LogP contribution in [0.1, 0.15) is 189 Å². The van der Waals surface area contributed by atoms with Gasteiger partial charge in [-0.25, -0.2) is 0 Å². The lowest BCUT2D eigenvalue weighted by atomic mass is 9.89. The molecule has 0 spiro atoms. The first-order valence-corrected chi connectivity index (χ1v) is 34.0. The summed E-state index contributed by atoms with van der Waals surface area (Å²) in [5.41, 5.74) is -1.58. The lowest BCUT2D eigenvalue weighted by Gasteiger charge is -2.42. The highest BCUT2D eigenvalue weighted by Gasteiger charge is 2.47. The number of hydrogen-bond acceptors (Lipinski definition) is 15. The first-order chi connectivity index (χ1) is 43.7. The number of likely N-dealkylation sites (N-methyl/N-ethyl adjacent to an activating group) is 7. The van der Waals surface area contributed by atoms with Gasteiger partial charge in [-0.2, -0.15) is 0 Å². The average Bonchev–Trinajstić information content (AvgIpc) is 0.806.